The van der Waals surface area contributed by atoms with E-state index in [1.54, 1.807) is 18.7 Å². The van der Waals surface area contributed by atoms with Crippen LogP contribution in [0, 0.1) is 0 Å². The maximum absolute atomic E-state index is 14.0. The summed E-state index contributed by atoms with van der Waals surface area (Å²) in [5, 5.41) is 15.5. The zero-order chi connectivity index (χ0) is 31.8. The minimum atomic E-state index is -0.898. The molecule has 0 spiro atoms. The van der Waals surface area contributed by atoms with Gasteiger partial charge in [0.2, 0.25) is 11.8 Å². The molecule has 4 aromatic rings. The number of carbonyl (C=O) groups is 3. The van der Waals surface area contributed by atoms with Crippen molar-refractivity contribution in [2.24, 2.45) is 0 Å². The van der Waals surface area contributed by atoms with Crippen molar-refractivity contribution in [2.75, 3.05) is 4.90 Å². The van der Waals surface area contributed by atoms with Gasteiger partial charge in [0.1, 0.15) is 12.6 Å². The van der Waals surface area contributed by atoms with E-state index >= 15 is 0 Å². The van der Waals surface area contributed by atoms with Gasteiger partial charge in [-0.2, -0.15) is 0 Å². The molecule has 1 heterocycles. The van der Waals surface area contributed by atoms with Crippen LogP contribution in [0.2, 0.25) is 0 Å². The van der Waals surface area contributed by atoms with Gasteiger partial charge in [0.05, 0.1) is 13.2 Å². The van der Waals surface area contributed by atoms with Crippen LogP contribution < -0.4 is 15.5 Å². The second kappa shape index (κ2) is 14.2. The number of para-hydroxylation sites is 1. The minimum Gasteiger partial charge on any atom is -0.445 e. The number of fused-ring (bicyclic) bond motifs is 1. The Kier molecular flexibility index (Phi) is 9.95. The first-order valence-corrected chi connectivity index (χ1v) is 15.2. The lowest BCUT2D eigenvalue weighted by molar-refractivity contribution is -0.128. The van der Waals surface area contributed by atoms with Crippen molar-refractivity contribution in [3.8, 4) is 11.1 Å². The molecular formula is C37H39N3O5. The summed E-state index contributed by atoms with van der Waals surface area (Å²) in [6, 6.07) is 32.2. The maximum atomic E-state index is 14.0. The Hall–Kier alpha value is -4.95. The van der Waals surface area contributed by atoms with Crippen molar-refractivity contribution < 1.29 is 24.2 Å². The van der Waals surface area contributed by atoms with Gasteiger partial charge in [-0.15, -0.1) is 0 Å². The van der Waals surface area contributed by atoms with Crippen LogP contribution >= 0.6 is 0 Å². The molecule has 0 radical (unpaired) electrons. The van der Waals surface area contributed by atoms with E-state index in [0.29, 0.717) is 19.4 Å². The van der Waals surface area contributed by atoms with Gasteiger partial charge >= 0.3 is 6.09 Å². The number of hydrogen-bond donors (Lipinski definition) is 3. The zero-order valence-corrected chi connectivity index (χ0v) is 25.7. The largest absolute Gasteiger partial charge is 0.445 e. The predicted octanol–water partition coefficient (Wildman–Crippen LogP) is 5.91. The fourth-order valence-corrected chi connectivity index (χ4v) is 5.65. The Balaban J connectivity index is 1.25. The van der Waals surface area contributed by atoms with E-state index in [4.69, 9.17) is 4.74 Å². The Morgan fingerprint density at radius 3 is 2.33 bits per heavy atom. The summed E-state index contributed by atoms with van der Waals surface area (Å²) in [5.74, 6) is -0.518. The molecule has 1 atom stereocenters. The highest BCUT2D eigenvalue weighted by Gasteiger charge is 2.33. The second-order valence-corrected chi connectivity index (χ2v) is 12.0. The van der Waals surface area contributed by atoms with E-state index in [0.717, 1.165) is 39.1 Å². The van der Waals surface area contributed by atoms with Crippen LogP contribution in [0.1, 0.15) is 48.9 Å². The Morgan fingerprint density at radius 2 is 1.58 bits per heavy atom. The molecule has 3 N–H and O–H groups in total. The SMILES string of the molecule is CC(C)(CC(=O)N[C@@H]1CCc2ccccc2N(Cc2ccc(-c3ccccc3CO)cc2)C1=O)NC(=O)OCc1ccccc1. The molecule has 45 heavy (non-hydrogen) atoms. The van der Waals surface area contributed by atoms with Gasteiger partial charge in [0.15, 0.2) is 0 Å². The number of anilines is 1. The van der Waals surface area contributed by atoms with E-state index in [1.165, 1.54) is 0 Å². The third-order valence-corrected chi connectivity index (χ3v) is 7.93. The molecule has 8 nitrogen and oxygen atoms in total. The van der Waals surface area contributed by atoms with E-state index in [9.17, 15) is 19.5 Å². The predicted molar refractivity (Wildman–Crippen MR) is 174 cm³/mol. The van der Waals surface area contributed by atoms with Gasteiger partial charge in [-0.3, -0.25) is 9.59 Å². The first-order chi connectivity index (χ1) is 21.7. The maximum Gasteiger partial charge on any atom is 0.407 e. The highest BCUT2D eigenvalue weighted by molar-refractivity contribution is 6.00. The summed E-state index contributed by atoms with van der Waals surface area (Å²) in [6.07, 6.45) is 0.450. The number of carbonyl (C=O) groups excluding carboxylic acids is 3. The smallest absolute Gasteiger partial charge is 0.407 e. The Labute approximate surface area is 264 Å². The van der Waals surface area contributed by atoms with E-state index in [2.05, 4.69) is 10.6 Å². The average molecular weight is 606 g/mol. The molecule has 1 aliphatic heterocycles. The van der Waals surface area contributed by atoms with Gasteiger partial charge in [-0.1, -0.05) is 97.1 Å². The van der Waals surface area contributed by atoms with Crippen molar-refractivity contribution in [1.29, 1.82) is 0 Å². The number of nitrogens with one attached hydrogen (secondary N) is 2. The number of nitrogens with zero attached hydrogens (tertiary/aromatic N) is 1. The standard InChI is InChI=1S/C37H39N3O5/c1-37(2,39-36(44)45-25-27-10-4-3-5-11-27)22-34(42)38-32-21-20-29-12-7-9-15-33(29)40(35(32)43)23-26-16-18-28(19-17-26)31-14-8-6-13-30(31)24-41/h3-19,32,41H,20-25H2,1-2H3,(H,38,42)(H,39,44)/t32-/m1/s1. The van der Waals surface area contributed by atoms with Gasteiger partial charge in [0.25, 0.3) is 0 Å². The molecule has 8 heteroatoms. The highest BCUT2D eigenvalue weighted by atomic mass is 16.5. The Morgan fingerprint density at radius 1 is 0.889 bits per heavy atom. The van der Waals surface area contributed by atoms with Crippen LogP contribution in [0.15, 0.2) is 103 Å². The zero-order valence-electron chi connectivity index (χ0n) is 25.7. The first kappa shape index (κ1) is 31.5. The van der Waals surface area contributed by atoms with Crippen LogP contribution in [-0.2, 0) is 40.5 Å². The second-order valence-electron chi connectivity index (χ2n) is 12.0. The number of amides is 3. The normalized spacial score (nSPS) is 14.7. The third-order valence-electron chi connectivity index (χ3n) is 7.93. The monoisotopic (exact) mass is 605 g/mol. The molecular weight excluding hydrogens is 566 g/mol. The van der Waals surface area contributed by atoms with Gasteiger partial charge in [0, 0.05) is 17.6 Å². The fourth-order valence-electron chi connectivity index (χ4n) is 5.65. The fraction of sp³-hybridized carbons (Fsp3) is 0.270. The van der Waals surface area contributed by atoms with Crippen LogP contribution in [0.4, 0.5) is 10.5 Å². The summed E-state index contributed by atoms with van der Waals surface area (Å²) in [4.78, 5) is 41.4. The van der Waals surface area contributed by atoms with Gasteiger partial charge in [-0.25, -0.2) is 4.79 Å². The number of benzene rings is 4. The summed E-state index contributed by atoms with van der Waals surface area (Å²) in [7, 11) is 0. The van der Waals surface area contributed by atoms with Crippen molar-refractivity contribution in [1.82, 2.24) is 10.6 Å². The first-order valence-electron chi connectivity index (χ1n) is 15.2. The number of rotatable bonds is 10. The molecule has 5 rings (SSSR count). The summed E-state index contributed by atoms with van der Waals surface area (Å²) in [5.41, 5.74) is 5.58. The molecule has 0 saturated heterocycles. The number of aryl methyl sites for hydroxylation is 1. The summed E-state index contributed by atoms with van der Waals surface area (Å²) in [6.45, 7) is 3.91. The quantitative estimate of drug-likeness (QED) is 0.209. The molecule has 0 saturated carbocycles. The lowest BCUT2D eigenvalue weighted by Gasteiger charge is -2.28. The number of ether oxygens (including phenoxy) is 1. The summed E-state index contributed by atoms with van der Waals surface area (Å²) >= 11 is 0. The molecule has 0 aliphatic carbocycles. The lowest BCUT2D eigenvalue weighted by atomic mass is 9.99. The molecule has 232 valence electrons. The molecule has 0 bridgehead atoms. The van der Waals surface area contributed by atoms with E-state index < -0.39 is 17.7 Å². The van der Waals surface area contributed by atoms with E-state index in [1.807, 2.05) is 103 Å². The molecule has 1 aliphatic rings. The topological polar surface area (TPSA) is 108 Å². The highest BCUT2D eigenvalue weighted by Crippen LogP contribution is 2.30. The number of aliphatic hydroxyl groups excluding tert-OH is 1. The van der Waals surface area contributed by atoms with Crippen molar-refractivity contribution >= 4 is 23.6 Å². The van der Waals surface area contributed by atoms with Crippen molar-refractivity contribution in [3.05, 3.63) is 125 Å². The van der Waals surface area contributed by atoms with E-state index in [-0.39, 0.29) is 31.4 Å². The summed E-state index contributed by atoms with van der Waals surface area (Å²) < 4.78 is 5.33. The number of alkyl carbamates (subject to hydrolysis) is 1. The number of aliphatic hydroxyl groups is 1. The third kappa shape index (κ3) is 8.16. The van der Waals surface area contributed by atoms with Crippen molar-refractivity contribution in [3.63, 3.8) is 0 Å². The average Bonchev–Trinajstić information content (AvgIpc) is 3.16. The molecule has 4 aromatic carbocycles. The molecule has 0 unspecified atom stereocenters. The minimum absolute atomic E-state index is 0.0268. The van der Waals surface area contributed by atoms with Crippen molar-refractivity contribution in [2.45, 2.75) is 64.4 Å². The lowest BCUT2D eigenvalue weighted by Crippen LogP contribution is -2.51. The molecule has 3 amide bonds. The van der Waals surface area contributed by atoms with Crippen LogP contribution in [0.3, 0.4) is 0 Å². The van der Waals surface area contributed by atoms with Crippen LogP contribution in [0.25, 0.3) is 11.1 Å². The van der Waals surface area contributed by atoms with Gasteiger partial charge in [-0.05, 0) is 66.1 Å². The van der Waals surface area contributed by atoms with Crippen LogP contribution in [-0.4, -0.2) is 34.6 Å². The van der Waals surface area contributed by atoms with Crippen LogP contribution in [0.5, 0.6) is 0 Å². The van der Waals surface area contributed by atoms with Gasteiger partial charge < -0.3 is 25.4 Å². The number of hydrogen-bond acceptors (Lipinski definition) is 5. The Bertz CT molecular complexity index is 1640. The molecule has 0 fully saturated rings. The molecule has 0 aromatic heterocycles.